The maximum absolute atomic E-state index is 13.5. The number of carboxylic acid groups (broad SMARTS) is 1. The van der Waals surface area contributed by atoms with Gasteiger partial charge in [-0.3, -0.25) is 14.9 Å². The molecule has 1 heterocycles. The molecule has 1 atom stereocenters. The highest BCUT2D eigenvalue weighted by Gasteiger charge is 2.40. The number of nitrogens with one attached hydrogen (secondary N) is 1. The van der Waals surface area contributed by atoms with E-state index in [1.54, 1.807) is 18.7 Å². The van der Waals surface area contributed by atoms with E-state index in [2.05, 4.69) is 5.32 Å². The number of nitrogens with zero attached hydrogens (tertiary/aromatic N) is 1. The second kappa shape index (κ2) is 12.9. The van der Waals surface area contributed by atoms with Crippen molar-refractivity contribution >= 4 is 16.7 Å². The molecule has 1 aromatic heterocycles. The molecule has 0 amide bonds. The van der Waals surface area contributed by atoms with Crippen LogP contribution in [0.5, 0.6) is 5.75 Å². The third kappa shape index (κ3) is 5.48. The molecule has 0 aliphatic heterocycles. The monoisotopic (exact) mass is 608 g/mol. The maximum Gasteiger partial charge on any atom is 0.321 e. The number of rotatable bonds is 10. The second-order valence-electron chi connectivity index (χ2n) is 11.5. The molecule has 6 rings (SSSR count). The zero-order valence-corrected chi connectivity index (χ0v) is 26.1. The van der Waals surface area contributed by atoms with E-state index in [-0.39, 0.29) is 12.0 Å². The van der Waals surface area contributed by atoms with Gasteiger partial charge in [-0.25, -0.2) is 0 Å². The van der Waals surface area contributed by atoms with Crippen molar-refractivity contribution in [3.63, 3.8) is 0 Å². The normalized spacial score (nSPS) is 12.2. The van der Waals surface area contributed by atoms with Crippen molar-refractivity contribution in [2.24, 2.45) is 7.05 Å². The number of hydrogen-bond donors (Lipinski definition) is 2. The van der Waals surface area contributed by atoms with Crippen LogP contribution in [0.2, 0.25) is 0 Å². The minimum atomic E-state index is -0.975. The first-order chi connectivity index (χ1) is 22.3. The summed E-state index contributed by atoms with van der Waals surface area (Å²) < 4.78 is 7.28. The first kappa shape index (κ1) is 30.6. The number of aryl methyl sites for hydroxylation is 1. The molecule has 0 saturated carbocycles. The van der Waals surface area contributed by atoms with Crippen molar-refractivity contribution in [2.45, 2.75) is 24.9 Å². The average molecular weight is 609 g/mol. The highest BCUT2D eigenvalue weighted by Crippen LogP contribution is 2.39. The molecule has 2 N–H and O–H groups in total. The third-order valence-corrected chi connectivity index (χ3v) is 8.87. The molecule has 0 aliphatic carbocycles. The van der Waals surface area contributed by atoms with Crippen LogP contribution in [0.4, 0.5) is 0 Å². The van der Waals surface area contributed by atoms with E-state index in [0.29, 0.717) is 11.3 Å². The predicted octanol–water partition coefficient (Wildman–Crippen LogP) is 7.10. The Morgan fingerprint density at radius 2 is 1.28 bits per heavy atom. The van der Waals surface area contributed by atoms with Gasteiger partial charge in [0.05, 0.1) is 18.2 Å². The molecule has 230 valence electrons. The topological polar surface area (TPSA) is 80.6 Å². The van der Waals surface area contributed by atoms with Gasteiger partial charge in [-0.05, 0) is 51.9 Å². The number of methoxy groups -OCH3 is 1. The Morgan fingerprint density at radius 1 is 0.783 bits per heavy atom. The fourth-order valence-corrected chi connectivity index (χ4v) is 6.45. The molecule has 0 aliphatic rings. The number of carboxylic acids is 1. The largest absolute Gasteiger partial charge is 0.496 e. The molecule has 0 bridgehead atoms. The van der Waals surface area contributed by atoms with Crippen molar-refractivity contribution < 1.29 is 14.6 Å². The number of aromatic nitrogens is 1. The van der Waals surface area contributed by atoms with Crippen molar-refractivity contribution in [3.05, 3.63) is 172 Å². The van der Waals surface area contributed by atoms with Crippen molar-refractivity contribution in [2.75, 3.05) is 7.11 Å². The van der Waals surface area contributed by atoms with Crippen molar-refractivity contribution in [3.8, 4) is 16.9 Å². The Labute approximate surface area is 268 Å². The first-order valence-corrected chi connectivity index (χ1v) is 15.3. The molecule has 6 nitrogen and oxygen atoms in total. The van der Waals surface area contributed by atoms with Crippen LogP contribution in [-0.2, 0) is 23.8 Å². The van der Waals surface area contributed by atoms with Crippen LogP contribution in [0, 0.1) is 6.92 Å². The summed E-state index contributed by atoms with van der Waals surface area (Å²) in [6, 6.07) is 42.5. The van der Waals surface area contributed by atoms with E-state index in [4.69, 9.17) is 4.74 Å². The van der Waals surface area contributed by atoms with Crippen LogP contribution < -0.4 is 15.6 Å². The summed E-state index contributed by atoms with van der Waals surface area (Å²) >= 11 is 0. The van der Waals surface area contributed by atoms with Gasteiger partial charge in [0.15, 0.2) is 0 Å². The van der Waals surface area contributed by atoms with Crippen LogP contribution in [-0.4, -0.2) is 28.8 Å². The Balaban J connectivity index is 1.51. The lowest BCUT2D eigenvalue weighted by atomic mass is 9.76. The highest BCUT2D eigenvalue weighted by atomic mass is 16.5. The smallest absolute Gasteiger partial charge is 0.321 e. The fraction of sp³-hybridized carbons (Fsp3) is 0.150. The summed E-state index contributed by atoms with van der Waals surface area (Å²) in [7, 11) is 3.31. The maximum atomic E-state index is 13.5. The van der Waals surface area contributed by atoms with E-state index in [1.807, 2.05) is 140 Å². The summed E-state index contributed by atoms with van der Waals surface area (Å²) in [6.45, 7) is 1.87. The molecular formula is C40H36N2O4. The van der Waals surface area contributed by atoms with Gasteiger partial charge in [0.25, 0.3) is 5.56 Å². The molecule has 1 unspecified atom stereocenters. The lowest BCUT2D eigenvalue weighted by Crippen LogP contribution is -2.53. The van der Waals surface area contributed by atoms with Gasteiger partial charge in [-0.15, -0.1) is 0 Å². The Hall–Kier alpha value is -5.46. The quantitative estimate of drug-likeness (QED) is 0.162. The van der Waals surface area contributed by atoms with Crippen molar-refractivity contribution in [1.82, 2.24) is 9.88 Å². The van der Waals surface area contributed by atoms with Crippen molar-refractivity contribution in [1.29, 1.82) is 0 Å². The highest BCUT2D eigenvalue weighted by molar-refractivity contribution is 6.00. The third-order valence-electron chi connectivity index (χ3n) is 8.87. The average Bonchev–Trinajstić information content (AvgIpc) is 3.10. The van der Waals surface area contributed by atoms with E-state index in [9.17, 15) is 14.7 Å². The molecule has 5 aromatic carbocycles. The summed E-state index contributed by atoms with van der Waals surface area (Å²) in [5.74, 6) is -0.462. The molecule has 46 heavy (non-hydrogen) atoms. The van der Waals surface area contributed by atoms with Gasteiger partial charge in [-0.1, -0.05) is 127 Å². The first-order valence-electron chi connectivity index (χ1n) is 15.3. The molecule has 6 heteroatoms. The molecule has 6 aromatic rings. The number of benzene rings is 5. The van der Waals surface area contributed by atoms with Crippen LogP contribution in [0.3, 0.4) is 0 Å². The van der Waals surface area contributed by atoms with E-state index < -0.39 is 17.6 Å². The number of pyridine rings is 1. The Kier molecular flexibility index (Phi) is 8.55. The second-order valence-corrected chi connectivity index (χ2v) is 11.5. The fourth-order valence-electron chi connectivity index (χ4n) is 6.45. The summed E-state index contributed by atoms with van der Waals surface area (Å²) in [6.07, 6.45) is 0.202. The number of carbonyl (C=O) groups is 1. The molecule has 0 fully saturated rings. The standard InChI is InChI=1S/C40H36N2O4/c1-27-25-36(46-3)37(38(43)42(27)2)34-24-23-28(32-21-13-14-22-33(32)34)26-35(39(44)45)41-40(29-15-7-4-8-16-29,30-17-9-5-10-18-30)31-19-11-6-12-20-31/h4-25,35,41H,26H2,1-3H3,(H,44,45). The van der Waals surface area contributed by atoms with Gasteiger partial charge in [-0.2, -0.15) is 0 Å². The van der Waals surface area contributed by atoms with Gasteiger partial charge in [0.1, 0.15) is 11.8 Å². The van der Waals surface area contributed by atoms with Gasteiger partial charge >= 0.3 is 5.97 Å². The SMILES string of the molecule is COc1cc(C)n(C)c(=O)c1-c1ccc(CC(NC(c2ccccc2)(c2ccccc2)c2ccccc2)C(=O)O)c2ccccc12. The summed E-state index contributed by atoms with van der Waals surface area (Å²) in [5, 5.41) is 16.2. The minimum Gasteiger partial charge on any atom is -0.496 e. The van der Waals surface area contributed by atoms with Crippen LogP contribution in [0.15, 0.2) is 138 Å². The van der Waals surface area contributed by atoms with E-state index in [1.165, 1.54) is 0 Å². The van der Waals surface area contributed by atoms with Gasteiger partial charge in [0.2, 0.25) is 0 Å². The van der Waals surface area contributed by atoms with E-state index in [0.717, 1.165) is 44.3 Å². The molecule has 0 saturated heterocycles. The number of ether oxygens (including phenoxy) is 1. The predicted molar refractivity (Wildman–Crippen MR) is 183 cm³/mol. The zero-order valence-electron chi connectivity index (χ0n) is 26.1. The van der Waals surface area contributed by atoms with E-state index >= 15 is 0 Å². The molecular weight excluding hydrogens is 572 g/mol. The zero-order chi connectivity index (χ0) is 32.3. The Bertz CT molecular complexity index is 1960. The van der Waals surface area contributed by atoms with Gasteiger partial charge < -0.3 is 14.4 Å². The van der Waals surface area contributed by atoms with Crippen LogP contribution >= 0.6 is 0 Å². The lowest BCUT2D eigenvalue weighted by Gasteiger charge is -2.39. The molecule has 0 spiro atoms. The number of hydrogen-bond acceptors (Lipinski definition) is 4. The summed E-state index contributed by atoms with van der Waals surface area (Å²) in [4.78, 5) is 26.7. The molecule has 0 radical (unpaired) electrons. The van der Waals surface area contributed by atoms with Crippen LogP contribution in [0.25, 0.3) is 21.9 Å². The minimum absolute atomic E-state index is 0.154. The Morgan fingerprint density at radius 3 is 1.78 bits per heavy atom. The van der Waals surface area contributed by atoms with Crippen LogP contribution in [0.1, 0.15) is 27.9 Å². The van der Waals surface area contributed by atoms with Gasteiger partial charge in [0, 0.05) is 18.8 Å². The summed E-state index contributed by atoms with van der Waals surface area (Å²) in [5.41, 5.74) is 4.54. The number of fused-ring (bicyclic) bond motifs is 1. The number of aliphatic carboxylic acids is 1. The lowest BCUT2D eigenvalue weighted by molar-refractivity contribution is -0.139.